The number of rotatable bonds is 3. The van der Waals surface area contributed by atoms with Gasteiger partial charge >= 0.3 is 0 Å². The van der Waals surface area contributed by atoms with Crippen molar-refractivity contribution in [1.82, 2.24) is 15.2 Å². The second-order valence-electron chi connectivity index (χ2n) is 8.04. The predicted molar refractivity (Wildman–Crippen MR) is 110 cm³/mol. The molecule has 29 heavy (non-hydrogen) atoms. The van der Waals surface area contributed by atoms with Crippen molar-refractivity contribution in [3.05, 3.63) is 54.1 Å². The zero-order valence-electron chi connectivity index (χ0n) is 15.9. The van der Waals surface area contributed by atoms with Crippen molar-refractivity contribution in [3.8, 4) is 11.7 Å². The Bertz CT molecular complexity index is 1180. The van der Waals surface area contributed by atoms with Gasteiger partial charge in [0.15, 0.2) is 11.3 Å². The van der Waals surface area contributed by atoms with Crippen molar-refractivity contribution in [1.29, 1.82) is 0 Å². The Morgan fingerprint density at radius 3 is 2.66 bits per heavy atom. The third-order valence-corrected chi connectivity index (χ3v) is 6.27. The van der Waals surface area contributed by atoms with Gasteiger partial charge in [-0.2, -0.15) is 0 Å². The lowest BCUT2D eigenvalue weighted by atomic mass is 9.84. The van der Waals surface area contributed by atoms with E-state index in [2.05, 4.69) is 15.2 Å². The number of carbonyl (C=O) groups excluding carboxylic acids is 1. The van der Waals surface area contributed by atoms with E-state index in [1.54, 1.807) is 0 Å². The lowest BCUT2D eigenvalue weighted by Crippen LogP contribution is -2.57. The number of nitrogens with zero attached hydrogens (tertiary/aromatic N) is 2. The lowest BCUT2D eigenvalue weighted by molar-refractivity contribution is 0.0621. The summed E-state index contributed by atoms with van der Waals surface area (Å²) in [7, 11) is 0. The van der Waals surface area contributed by atoms with Gasteiger partial charge in [-0.25, -0.2) is 4.98 Å². The normalized spacial score (nSPS) is 23.7. The Hall–Kier alpha value is -3.12. The number of nitrogens with one attached hydrogen (secondary N) is 1. The first-order chi connectivity index (χ1) is 14.2. The highest BCUT2D eigenvalue weighted by Gasteiger charge is 2.35. The number of hydrogen-bond acceptors (Lipinski definition) is 5. The Kier molecular flexibility index (Phi) is 3.74. The van der Waals surface area contributed by atoms with E-state index in [-0.39, 0.29) is 11.9 Å². The van der Waals surface area contributed by atoms with Gasteiger partial charge in [0.2, 0.25) is 0 Å². The molecule has 0 saturated carbocycles. The molecular weight excluding hydrogens is 366 g/mol. The number of oxazole rings is 1. The fraction of sp³-hybridized carbons (Fsp3) is 0.304. The van der Waals surface area contributed by atoms with Gasteiger partial charge in [0.25, 0.3) is 11.8 Å². The maximum atomic E-state index is 13.1. The summed E-state index contributed by atoms with van der Waals surface area (Å²) >= 11 is 0. The Morgan fingerprint density at radius 2 is 1.86 bits per heavy atom. The monoisotopic (exact) mass is 387 g/mol. The van der Waals surface area contributed by atoms with E-state index in [1.807, 2.05) is 48.5 Å². The molecule has 5 heterocycles. The van der Waals surface area contributed by atoms with Gasteiger partial charge in [-0.3, -0.25) is 4.79 Å². The smallest absolute Gasteiger partial charge is 0.264 e. The SMILES string of the molecule is O=C(NC1CN2CCC1CC2)c1cccc2oc(-c3cc4ccccc4o3)nc12. The summed E-state index contributed by atoms with van der Waals surface area (Å²) < 4.78 is 11.8. The van der Waals surface area contributed by atoms with E-state index in [9.17, 15) is 4.79 Å². The standard InChI is InChI=1S/C23H21N3O3/c27-22(24-17-13-26-10-8-14(17)9-11-26)16-5-3-7-19-21(16)25-23(29-19)20-12-15-4-1-2-6-18(15)28-20/h1-7,12,14,17H,8-11,13H2,(H,24,27). The predicted octanol–water partition coefficient (Wildman–Crippen LogP) is 4.07. The fourth-order valence-electron chi connectivity index (χ4n) is 4.70. The molecule has 6 nitrogen and oxygen atoms in total. The van der Waals surface area contributed by atoms with Crippen molar-refractivity contribution < 1.29 is 13.6 Å². The van der Waals surface area contributed by atoms with Crippen LogP contribution in [0.4, 0.5) is 0 Å². The van der Waals surface area contributed by atoms with Gasteiger partial charge in [-0.15, -0.1) is 0 Å². The van der Waals surface area contributed by atoms with E-state index >= 15 is 0 Å². The Balaban J connectivity index is 1.33. The number of carbonyl (C=O) groups is 1. The molecule has 2 aromatic heterocycles. The molecule has 0 aliphatic carbocycles. The van der Waals surface area contributed by atoms with Crippen LogP contribution in [0.3, 0.4) is 0 Å². The molecule has 2 bridgehead atoms. The highest BCUT2D eigenvalue weighted by atomic mass is 16.4. The van der Waals surface area contributed by atoms with Crippen molar-refractivity contribution in [2.75, 3.05) is 19.6 Å². The van der Waals surface area contributed by atoms with Gasteiger partial charge in [-0.1, -0.05) is 24.3 Å². The quantitative estimate of drug-likeness (QED) is 0.574. The number of amides is 1. The molecule has 6 heteroatoms. The molecule has 0 radical (unpaired) electrons. The summed E-state index contributed by atoms with van der Waals surface area (Å²) in [5.74, 6) is 1.44. The summed E-state index contributed by atoms with van der Waals surface area (Å²) in [6.07, 6.45) is 2.32. The summed E-state index contributed by atoms with van der Waals surface area (Å²) in [6, 6.07) is 15.4. The van der Waals surface area contributed by atoms with Crippen LogP contribution in [0.5, 0.6) is 0 Å². The van der Waals surface area contributed by atoms with E-state index in [0.717, 1.165) is 43.4 Å². The number of fused-ring (bicyclic) bond motifs is 5. The van der Waals surface area contributed by atoms with Crippen LogP contribution in [0.15, 0.2) is 57.4 Å². The van der Waals surface area contributed by atoms with Crippen molar-refractivity contribution in [2.24, 2.45) is 5.92 Å². The summed E-state index contributed by atoms with van der Waals surface area (Å²) in [4.78, 5) is 20.1. The van der Waals surface area contributed by atoms with Gasteiger partial charge in [0.1, 0.15) is 11.1 Å². The molecular formula is C23H21N3O3. The number of aromatic nitrogens is 1. The molecule has 1 atom stereocenters. The molecule has 7 rings (SSSR count). The zero-order chi connectivity index (χ0) is 19.4. The van der Waals surface area contributed by atoms with E-state index in [4.69, 9.17) is 8.83 Å². The second-order valence-corrected chi connectivity index (χ2v) is 8.04. The molecule has 3 fully saturated rings. The summed E-state index contributed by atoms with van der Waals surface area (Å²) in [6.45, 7) is 3.24. The summed E-state index contributed by atoms with van der Waals surface area (Å²) in [5.41, 5.74) is 2.49. The number of furan rings is 1. The molecule has 146 valence electrons. The molecule has 2 aromatic carbocycles. The third-order valence-electron chi connectivity index (χ3n) is 6.27. The van der Waals surface area contributed by atoms with Crippen LogP contribution in [-0.2, 0) is 0 Å². The lowest BCUT2D eigenvalue weighted by Gasteiger charge is -2.44. The maximum absolute atomic E-state index is 13.1. The number of benzene rings is 2. The van der Waals surface area contributed by atoms with Crippen LogP contribution in [0.25, 0.3) is 33.7 Å². The van der Waals surface area contributed by atoms with Crippen LogP contribution < -0.4 is 5.32 Å². The first-order valence-corrected chi connectivity index (χ1v) is 10.2. The minimum absolute atomic E-state index is 0.0844. The number of para-hydroxylation sites is 2. The van der Waals surface area contributed by atoms with Gasteiger partial charge in [0, 0.05) is 18.0 Å². The molecule has 1 amide bonds. The fourth-order valence-corrected chi connectivity index (χ4v) is 4.70. The van der Waals surface area contributed by atoms with Gasteiger partial charge in [0.05, 0.1) is 5.56 Å². The van der Waals surface area contributed by atoms with Gasteiger partial charge in [-0.05, 0) is 56.1 Å². The highest BCUT2D eigenvalue weighted by Crippen LogP contribution is 2.31. The minimum atomic E-state index is -0.0844. The molecule has 3 aliphatic heterocycles. The Morgan fingerprint density at radius 1 is 1.03 bits per heavy atom. The van der Waals surface area contributed by atoms with Crippen molar-refractivity contribution in [3.63, 3.8) is 0 Å². The van der Waals surface area contributed by atoms with Gasteiger partial charge < -0.3 is 19.1 Å². The Labute approximate surface area is 167 Å². The van der Waals surface area contributed by atoms with Crippen LogP contribution in [0, 0.1) is 5.92 Å². The molecule has 1 unspecified atom stereocenters. The van der Waals surface area contributed by atoms with E-state index in [0.29, 0.717) is 34.2 Å². The topological polar surface area (TPSA) is 71.5 Å². The molecule has 1 N–H and O–H groups in total. The molecule has 4 aromatic rings. The summed E-state index contributed by atoms with van der Waals surface area (Å²) in [5, 5.41) is 4.23. The van der Waals surface area contributed by atoms with Crippen LogP contribution in [0.1, 0.15) is 23.2 Å². The second kappa shape index (κ2) is 6.46. The molecule has 0 spiro atoms. The van der Waals surface area contributed by atoms with Crippen LogP contribution in [-0.4, -0.2) is 41.5 Å². The maximum Gasteiger partial charge on any atom is 0.264 e. The van der Waals surface area contributed by atoms with Crippen LogP contribution >= 0.6 is 0 Å². The highest BCUT2D eigenvalue weighted by molar-refractivity contribution is 6.05. The van der Waals surface area contributed by atoms with Crippen molar-refractivity contribution >= 4 is 28.0 Å². The number of piperidine rings is 3. The zero-order valence-corrected chi connectivity index (χ0v) is 15.9. The first kappa shape index (κ1) is 16.8. The molecule has 3 aliphatic rings. The van der Waals surface area contributed by atoms with Crippen molar-refractivity contribution in [2.45, 2.75) is 18.9 Å². The average Bonchev–Trinajstić information content (AvgIpc) is 3.38. The van der Waals surface area contributed by atoms with E-state index in [1.165, 1.54) is 0 Å². The minimum Gasteiger partial charge on any atom is -0.451 e. The largest absolute Gasteiger partial charge is 0.451 e. The third kappa shape index (κ3) is 2.83. The first-order valence-electron chi connectivity index (χ1n) is 10.2. The average molecular weight is 387 g/mol. The van der Waals surface area contributed by atoms with Crippen LogP contribution in [0.2, 0.25) is 0 Å². The number of hydrogen-bond donors (Lipinski definition) is 1. The van der Waals surface area contributed by atoms with E-state index < -0.39 is 0 Å². The molecule has 3 saturated heterocycles.